The minimum Gasteiger partial charge on any atom is -0.340 e. The largest absolute Gasteiger partial charge is 0.340 e. The molecule has 1 aliphatic rings. The van der Waals surface area contributed by atoms with Gasteiger partial charge >= 0.3 is 0 Å². The number of hydrogen-bond donors (Lipinski definition) is 1. The summed E-state index contributed by atoms with van der Waals surface area (Å²) < 4.78 is 0. The van der Waals surface area contributed by atoms with Crippen LogP contribution in [0.3, 0.4) is 0 Å². The molecule has 1 N–H and O–H groups in total. The number of nitrogens with one attached hydrogen (secondary N) is 1. The number of rotatable bonds is 2. The van der Waals surface area contributed by atoms with Crippen molar-refractivity contribution in [3.8, 4) is 6.07 Å². The zero-order valence-electron chi connectivity index (χ0n) is 13.1. The number of imidazole rings is 1. The van der Waals surface area contributed by atoms with Crippen LogP contribution in [-0.4, -0.2) is 27.3 Å². The second kappa shape index (κ2) is 5.82. The van der Waals surface area contributed by atoms with Crippen LogP contribution in [0.25, 0.3) is 11.0 Å². The normalized spacial score (nSPS) is 17.1. The van der Waals surface area contributed by atoms with Crippen LogP contribution in [0, 0.1) is 11.3 Å². The molecule has 3 aromatic rings. The summed E-state index contributed by atoms with van der Waals surface area (Å²) in [4.78, 5) is 22.7. The van der Waals surface area contributed by atoms with Gasteiger partial charge in [-0.3, -0.25) is 4.79 Å². The number of fused-ring (bicyclic) bond motifs is 1. The molecule has 5 heteroatoms. The Hall–Kier alpha value is -3.13. The summed E-state index contributed by atoms with van der Waals surface area (Å²) in [5.74, 6) is 0.832. The number of para-hydroxylation sites is 2. The first-order valence-corrected chi connectivity index (χ1v) is 8.02. The van der Waals surface area contributed by atoms with Gasteiger partial charge in [0.2, 0.25) is 0 Å². The number of hydrogen-bond acceptors (Lipinski definition) is 3. The van der Waals surface area contributed by atoms with Crippen LogP contribution in [0.5, 0.6) is 0 Å². The van der Waals surface area contributed by atoms with E-state index in [2.05, 4.69) is 16.0 Å². The first kappa shape index (κ1) is 14.5. The van der Waals surface area contributed by atoms with Crippen LogP contribution >= 0.6 is 0 Å². The van der Waals surface area contributed by atoms with Crippen LogP contribution < -0.4 is 0 Å². The maximum absolute atomic E-state index is 12.8. The first-order chi connectivity index (χ1) is 11.8. The fraction of sp³-hybridized carbons (Fsp3) is 0.211. The molecular formula is C19H16N4O. The van der Waals surface area contributed by atoms with E-state index in [1.54, 1.807) is 24.3 Å². The van der Waals surface area contributed by atoms with Gasteiger partial charge < -0.3 is 9.88 Å². The van der Waals surface area contributed by atoms with Crippen molar-refractivity contribution in [3.05, 3.63) is 65.5 Å². The summed E-state index contributed by atoms with van der Waals surface area (Å²) in [7, 11) is 0. The standard InChI is InChI=1S/C19H16N4O/c20-12-13-7-9-14(10-8-13)19(24)23-11-3-6-17(23)18-21-15-4-1-2-5-16(15)22-18/h1-2,4-5,7-10,17H,3,6,11H2,(H,21,22)/t17-/m1/s1. The van der Waals surface area contributed by atoms with Gasteiger partial charge in [0.1, 0.15) is 5.82 Å². The lowest BCUT2D eigenvalue weighted by Crippen LogP contribution is -2.31. The van der Waals surface area contributed by atoms with Crippen molar-refractivity contribution >= 4 is 16.9 Å². The van der Waals surface area contributed by atoms with Gasteiger partial charge in [0.15, 0.2) is 0 Å². The average Bonchev–Trinajstić information content (AvgIpc) is 3.27. The summed E-state index contributed by atoms with van der Waals surface area (Å²) >= 11 is 0. The molecule has 1 atom stereocenters. The summed E-state index contributed by atoms with van der Waals surface area (Å²) in [6, 6.07) is 16.7. The molecule has 24 heavy (non-hydrogen) atoms. The molecule has 5 nitrogen and oxygen atoms in total. The number of benzene rings is 2. The minimum absolute atomic E-state index is 0.0116. The number of likely N-dealkylation sites (tertiary alicyclic amines) is 1. The summed E-state index contributed by atoms with van der Waals surface area (Å²) in [6.45, 7) is 0.723. The number of nitriles is 1. The molecule has 4 rings (SSSR count). The predicted octanol–water partition coefficient (Wildman–Crippen LogP) is 3.41. The minimum atomic E-state index is -0.0273. The molecule has 0 spiro atoms. The molecule has 1 saturated heterocycles. The van der Waals surface area contributed by atoms with Gasteiger partial charge in [0.05, 0.1) is 28.7 Å². The Kier molecular flexibility index (Phi) is 3.51. The van der Waals surface area contributed by atoms with Crippen LogP contribution in [0.15, 0.2) is 48.5 Å². The molecule has 0 bridgehead atoms. The lowest BCUT2D eigenvalue weighted by molar-refractivity contribution is 0.0730. The third kappa shape index (κ3) is 2.42. The van der Waals surface area contributed by atoms with Crippen molar-refractivity contribution in [2.75, 3.05) is 6.54 Å². The fourth-order valence-corrected chi connectivity index (χ4v) is 3.28. The van der Waals surface area contributed by atoms with E-state index in [9.17, 15) is 4.79 Å². The maximum atomic E-state index is 12.8. The Bertz CT molecular complexity index is 903. The van der Waals surface area contributed by atoms with E-state index < -0.39 is 0 Å². The molecule has 0 unspecified atom stereocenters. The van der Waals surface area contributed by atoms with E-state index in [1.165, 1.54) is 0 Å². The quantitative estimate of drug-likeness (QED) is 0.787. The first-order valence-electron chi connectivity index (χ1n) is 8.02. The average molecular weight is 316 g/mol. The van der Waals surface area contributed by atoms with Gasteiger partial charge in [-0.05, 0) is 49.2 Å². The van der Waals surface area contributed by atoms with Gasteiger partial charge in [0.25, 0.3) is 5.91 Å². The van der Waals surface area contributed by atoms with Crippen molar-refractivity contribution in [1.29, 1.82) is 5.26 Å². The van der Waals surface area contributed by atoms with Crippen LogP contribution in [-0.2, 0) is 0 Å². The van der Waals surface area contributed by atoms with Gasteiger partial charge in [0, 0.05) is 12.1 Å². The van der Waals surface area contributed by atoms with Crippen molar-refractivity contribution in [3.63, 3.8) is 0 Å². The van der Waals surface area contributed by atoms with Crippen molar-refractivity contribution in [2.45, 2.75) is 18.9 Å². The van der Waals surface area contributed by atoms with Crippen molar-refractivity contribution in [2.24, 2.45) is 0 Å². The summed E-state index contributed by atoms with van der Waals surface area (Å²) in [5, 5.41) is 8.88. The highest BCUT2D eigenvalue weighted by molar-refractivity contribution is 5.94. The molecule has 2 heterocycles. The van der Waals surface area contributed by atoms with E-state index in [0.29, 0.717) is 11.1 Å². The number of H-pyrrole nitrogens is 1. The topological polar surface area (TPSA) is 72.8 Å². The molecule has 1 aliphatic heterocycles. The molecule has 1 fully saturated rings. The van der Waals surface area contributed by atoms with E-state index in [-0.39, 0.29) is 11.9 Å². The molecule has 1 amide bonds. The molecule has 0 aliphatic carbocycles. The monoisotopic (exact) mass is 316 g/mol. The van der Waals surface area contributed by atoms with Gasteiger partial charge in [-0.15, -0.1) is 0 Å². The van der Waals surface area contributed by atoms with Crippen molar-refractivity contribution in [1.82, 2.24) is 14.9 Å². The second-order valence-corrected chi connectivity index (χ2v) is 5.98. The van der Waals surface area contributed by atoms with Crippen LogP contribution in [0.2, 0.25) is 0 Å². The Morgan fingerprint density at radius 1 is 1.21 bits per heavy atom. The Morgan fingerprint density at radius 2 is 2.00 bits per heavy atom. The summed E-state index contributed by atoms with van der Waals surface area (Å²) in [6.07, 6.45) is 1.87. The number of aromatic amines is 1. The number of amides is 1. The Labute approximate surface area is 139 Å². The number of aromatic nitrogens is 2. The zero-order chi connectivity index (χ0) is 16.5. The SMILES string of the molecule is N#Cc1ccc(C(=O)N2CCC[C@@H]2c2nc3ccccc3[nH]2)cc1. The van der Waals surface area contributed by atoms with Crippen LogP contribution in [0.4, 0.5) is 0 Å². The molecule has 1 aromatic heterocycles. The lowest BCUT2D eigenvalue weighted by atomic mass is 10.1. The molecule has 0 saturated carbocycles. The lowest BCUT2D eigenvalue weighted by Gasteiger charge is -2.23. The smallest absolute Gasteiger partial charge is 0.254 e. The fourth-order valence-electron chi connectivity index (χ4n) is 3.28. The molecule has 2 aromatic carbocycles. The molecular weight excluding hydrogens is 300 g/mol. The van der Waals surface area contributed by atoms with Gasteiger partial charge in [-0.2, -0.15) is 5.26 Å². The predicted molar refractivity (Wildman–Crippen MR) is 90.3 cm³/mol. The van der Waals surface area contributed by atoms with E-state index in [0.717, 1.165) is 36.2 Å². The van der Waals surface area contributed by atoms with E-state index in [4.69, 9.17) is 5.26 Å². The number of carbonyl (C=O) groups excluding carboxylic acids is 1. The Balaban J connectivity index is 1.64. The maximum Gasteiger partial charge on any atom is 0.254 e. The third-order valence-electron chi connectivity index (χ3n) is 4.50. The molecule has 0 radical (unpaired) electrons. The van der Waals surface area contributed by atoms with Gasteiger partial charge in [-0.1, -0.05) is 12.1 Å². The van der Waals surface area contributed by atoms with Gasteiger partial charge in [-0.25, -0.2) is 4.98 Å². The van der Waals surface area contributed by atoms with E-state index >= 15 is 0 Å². The molecule has 118 valence electrons. The van der Waals surface area contributed by atoms with Crippen molar-refractivity contribution < 1.29 is 4.79 Å². The highest BCUT2D eigenvalue weighted by atomic mass is 16.2. The summed E-state index contributed by atoms with van der Waals surface area (Å²) in [5.41, 5.74) is 3.08. The van der Waals surface area contributed by atoms with E-state index in [1.807, 2.05) is 29.2 Å². The third-order valence-corrected chi connectivity index (χ3v) is 4.50. The van der Waals surface area contributed by atoms with Crippen LogP contribution in [0.1, 0.15) is 40.6 Å². The highest BCUT2D eigenvalue weighted by Gasteiger charge is 2.32. The number of carbonyl (C=O) groups is 1. The zero-order valence-corrected chi connectivity index (χ0v) is 13.1. The highest BCUT2D eigenvalue weighted by Crippen LogP contribution is 2.32. The second-order valence-electron chi connectivity index (χ2n) is 5.98. The number of nitrogens with zero attached hydrogens (tertiary/aromatic N) is 3. The Morgan fingerprint density at radius 3 is 2.75 bits per heavy atom.